The lowest BCUT2D eigenvalue weighted by Crippen LogP contribution is -2.17. The number of aliphatic imine (C=N–C) groups is 1. The number of ether oxygens (including phenoxy) is 1. The number of allylic oxidation sites excluding steroid dienone is 1. The van der Waals surface area contributed by atoms with Gasteiger partial charge in [-0.2, -0.15) is 0 Å². The Labute approximate surface area is 192 Å². The molecule has 0 unspecified atom stereocenters. The summed E-state index contributed by atoms with van der Waals surface area (Å²) in [5, 5.41) is 10.7. The monoisotopic (exact) mass is 448 g/mol. The molecular formula is C26H28N2O3S. The number of thiazole rings is 1. The number of fused-ring (bicyclic) bond motifs is 1. The number of aromatic hydroxyl groups is 1. The molecule has 6 heteroatoms. The Bertz CT molecular complexity index is 1260. The number of aromatic nitrogens is 1. The third-order valence-electron chi connectivity index (χ3n) is 5.69. The second-order valence-corrected chi connectivity index (χ2v) is 9.27. The molecule has 2 aromatic carbocycles. The summed E-state index contributed by atoms with van der Waals surface area (Å²) in [5.74, 6) is 1.14. The highest BCUT2D eigenvalue weighted by Gasteiger charge is 2.18. The van der Waals surface area contributed by atoms with Crippen LogP contribution in [0.3, 0.4) is 0 Å². The van der Waals surface area contributed by atoms with Gasteiger partial charge in [-0.05, 0) is 48.1 Å². The van der Waals surface area contributed by atoms with E-state index in [2.05, 4.69) is 44.0 Å². The van der Waals surface area contributed by atoms with Gasteiger partial charge in [0.1, 0.15) is 12.4 Å². The summed E-state index contributed by atoms with van der Waals surface area (Å²) in [5.41, 5.74) is 6.34. The molecular weight excluding hydrogens is 420 g/mol. The molecule has 0 atom stereocenters. The quantitative estimate of drug-likeness (QED) is 0.486. The molecule has 1 aliphatic heterocycles. The molecule has 2 heterocycles. The van der Waals surface area contributed by atoms with Crippen LogP contribution in [0.15, 0.2) is 46.2 Å². The van der Waals surface area contributed by atoms with Gasteiger partial charge in [-0.15, -0.1) is 0 Å². The zero-order valence-corrected chi connectivity index (χ0v) is 19.7. The molecule has 0 bridgehead atoms. The van der Waals surface area contributed by atoms with Crippen molar-refractivity contribution in [1.82, 2.24) is 4.57 Å². The molecule has 1 aromatic heterocycles. The first kappa shape index (κ1) is 22.1. The number of rotatable bonds is 7. The van der Waals surface area contributed by atoms with E-state index in [1.54, 1.807) is 6.21 Å². The Morgan fingerprint density at radius 3 is 2.81 bits per heavy atom. The molecule has 32 heavy (non-hydrogen) atoms. The Hall–Kier alpha value is -3.12. The van der Waals surface area contributed by atoms with Crippen molar-refractivity contribution in [1.29, 1.82) is 0 Å². The van der Waals surface area contributed by atoms with Gasteiger partial charge in [0.05, 0.1) is 17.1 Å². The lowest BCUT2D eigenvalue weighted by Gasteiger charge is -2.15. The van der Waals surface area contributed by atoms with Crippen LogP contribution in [0, 0.1) is 6.92 Å². The van der Waals surface area contributed by atoms with Gasteiger partial charge in [0.25, 0.3) is 0 Å². The summed E-state index contributed by atoms with van der Waals surface area (Å²) in [7, 11) is 0. The predicted molar refractivity (Wildman–Crippen MR) is 133 cm³/mol. The van der Waals surface area contributed by atoms with Gasteiger partial charge in [-0.3, -0.25) is 14.4 Å². The van der Waals surface area contributed by atoms with Crippen LogP contribution in [0.25, 0.3) is 11.6 Å². The number of nitrogens with zero attached hydrogens (tertiary/aromatic N) is 2. The molecule has 1 aliphatic rings. The van der Waals surface area contributed by atoms with Gasteiger partial charge in [-0.25, -0.2) is 0 Å². The minimum Gasteiger partial charge on any atom is -0.493 e. The van der Waals surface area contributed by atoms with Crippen molar-refractivity contribution in [2.24, 2.45) is 4.99 Å². The lowest BCUT2D eigenvalue weighted by molar-refractivity contribution is 0.282. The van der Waals surface area contributed by atoms with E-state index >= 15 is 0 Å². The fraction of sp³-hybridized carbons (Fsp3) is 0.308. The molecule has 0 fully saturated rings. The number of benzene rings is 2. The molecule has 0 spiro atoms. The number of hydrogen-bond acceptors (Lipinski definition) is 5. The van der Waals surface area contributed by atoms with Crippen LogP contribution in [0.5, 0.6) is 11.6 Å². The standard InChI is InChI=1S/C26H28N2O3S/c1-5-18-7-6-8-21-19(15-27-24(18)21)14-23-25(29)28(26(30)32-23)11-12-31-22-13-17(4)9-10-20(22)16(2)3/h6-10,13-16,29H,5,11-12H2,1-4H3/b19-14+. The first-order valence-electron chi connectivity index (χ1n) is 10.9. The first-order chi connectivity index (χ1) is 15.4. The van der Waals surface area contributed by atoms with Crippen LogP contribution in [-0.4, -0.2) is 22.5 Å². The summed E-state index contributed by atoms with van der Waals surface area (Å²) in [4.78, 5) is 17.4. The number of aryl methyl sites for hydroxylation is 2. The van der Waals surface area contributed by atoms with Gasteiger partial charge < -0.3 is 9.84 Å². The predicted octanol–water partition coefficient (Wildman–Crippen LogP) is 5.95. The van der Waals surface area contributed by atoms with Crippen molar-refractivity contribution in [3.8, 4) is 11.6 Å². The molecule has 166 valence electrons. The molecule has 1 N–H and O–H groups in total. The highest BCUT2D eigenvalue weighted by molar-refractivity contribution is 7.10. The SMILES string of the molecule is CCc1cccc2c1N=C/C2=C\c1sc(=O)n(CCOc2cc(C)ccc2C(C)C)c1O. The lowest BCUT2D eigenvalue weighted by atomic mass is 10.0. The van der Waals surface area contributed by atoms with Gasteiger partial charge in [-0.1, -0.05) is 62.4 Å². The summed E-state index contributed by atoms with van der Waals surface area (Å²) < 4.78 is 7.38. The highest BCUT2D eigenvalue weighted by Crippen LogP contribution is 2.37. The molecule has 0 radical (unpaired) electrons. The van der Waals surface area contributed by atoms with Crippen LogP contribution in [0.2, 0.25) is 0 Å². The first-order valence-corrected chi connectivity index (χ1v) is 11.7. The zero-order chi connectivity index (χ0) is 22.8. The Balaban J connectivity index is 1.54. The van der Waals surface area contributed by atoms with Crippen molar-refractivity contribution in [3.63, 3.8) is 0 Å². The smallest absolute Gasteiger partial charge is 0.310 e. The minimum atomic E-state index is -0.205. The molecule has 0 saturated heterocycles. The Kier molecular flexibility index (Phi) is 6.33. The summed E-state index contributed by atoms with van der Waals surface area (Å²) in [6.45, 7) is 8.96. The zero-order valence-electron chi connectivity index (χ0n) is 18.9. The topological polar surface area (TPSA) is 63.8 Å². The summed E-state index contributed by atoms with van der Waals surface area (Å²) in [6, 6.07) is 12.3. The van der Waals surface area contributed by atoms with Crippen LogP contribution in [0.4, 0.5) is 5.69 Å². The largest absolute Gasteiger partial charge is 0.493 e. The summed E-state index contributed by atoms with van der Waals surface area (Å²) in [6.07, 6.45) is 4.54. The van der Waals surface area contributed by atoms with E-state index in [0.717, 1.165) is 51.5 Å². The van der Waals surface area contributed by atoms with Crippen molar-refractivity contribution >= 4 is 34.9 Å². The second-order valence-electron chi connectivity index (χ2n) is 8.28. The minimum absolute atomic E-state index is 0.0297. The summed E-state index contributed by atoms with van der Waals surface area (Å²) >= 11 is 1.03. The van der Waals surface area contributed by atoms with E-state index in [9.17, 15) is 9.90 Å². The van der Waals surface area contributed by atoms with Crippen LogP contribution in [0.1, 0.15) is 53.8 Å². The van der Waals surface area contributed by atoms with Crippen molar-refractivity contribution in [2.75, 3.05) is 6.61 Å². The average Bonchev–Trinajstić information content (AvgIpc) is 3.29. The fourth-order valence-electron chi connectivity index (χ4n) is 3.92. The highest BCUT2D eigenvalue weighted by atomic mass is 32.1. The van der Waals surface area contributed by atoms with Crippen molar-refractivity contribution in [3.05, 3.63) is 73.2 Å². The van der Waals surface area contributed by atoms with E-state index in [4.69, 9.17) is 4.74 Å². The Morgan fingerprint density at radius 1 is 1.25 bits per heavy atom. The Morgan fingerprint density at radius 2 is 2.06 bits per heavy atom. The fourth-order valence-corrected chi connectivity index (χ4v) is 4.78. The third kappa shape index (κ3) is 4.28. The molecule has 4 rings (SSSR count). The maximum absolute atomic E-state index is 12.6. The van der Waals surface area contributed by atoms with E-state index in [-0.39, 0.29) is 17.3 Å². The van der Waals surface area contributed by atoms with Gasteiger partial charge in [0, 0.05) is 17.4 Å². The van der Waals surface area contributed by atoms with Crippen LogP contribution < -0.4 is 9.61 Å². The normalized spacial score (nSPS) is 13.8. The van der Waals surface area contributed by atoms with E-state index < -0.39 is 0 Å². The second kappa shape index (κ2) is 9.17. The maximum atomic E-state index is 12.6. The molecule has 0 amide bonds. The van der Waals surface area contributed by atoms with Crippen molar-refractivity contribution < 1.29 is 9.84 Å². The molecule has 0 aliphatic carbocycles. The maximum Gasteiger partial charge on any atom is 0.310 e. The number of para-hydroxylation sites is 1. The van der Waals surface area contributed by atoms with Gasteiger partial charge in [0.2, 0.25) is 5.88 Å². The van der Waals surface area contributed by atoms with E-state index in [1.165, 1.54) is 10.1 Å². The van der Waals surface area contributed by atoms with Gasteiger partial charge in [0.15, 0.2) is 0 Å². The van der Waals surface area contributed by atoms with Gasteiger partial charge >= 0.3 is 4.87 Å². The van der Waals surface area contributed by atoms with Crippen molar-refractivity contribution in [2.45, 2.75) is 46.6 Å². The number of hydrogen-bond donors (Lipinski definition) is 1. The molecule has 5 nitrogen and oxygen atoms in total. The van der Waals surface area contributed by atoms with E-state index in [0.29, 0.717) is 17.4 Å². The third-order valence-corrected chi connectivity index (χ3v) is 6.60. The molecule has 0 saturated carbocycles. The van der Waals surface area contributed by atoms with E-state index in [1.807, 2.05) is 31.2 Å². The average molecular weight is 449 g/mol. The van der Waals surface area contributed by atoms with Crippen LogP contribution in [-0.2, 0) is 13.0 Å². The molecule has 3 aromatic rings. The van der Waals surface area contributed by atoms with Crippen LogP contribution >= 0.6 is 11.3 Å².